The highest BCUT2D eigenvalue weighted by Gasteiger charge is 2.11. The molecule has 0 aliphatic heterocycles. The number of benzene rings is 1. The minimum absolute atomic E-state index is 0.0117. The molecule has 0 amide bonds. The maximum absolute atomic E-state index is 11.1. The van der Waals surface area contributed by atoms with E-state index in [2.05, 4.69) is 11.1 Å². The molecule has 1 heterocycles. The van der Waals surface area contributed by atoms with E-state index in [1.165, 1.54) is 17.8 Å². The van der Waals surface area contributed by atoms with Gasteiger partial charge in [-0.05, 0) is 31.5 Å². The molecule has 2 rings (SSSR count). The highest BCUT2D eigenvalue weighted by molar-refractivity contribution is 8.13. The fourth-order valence-corrected chi connectivity index (χ4v) is 2.47. The van der Waals surface area contributed by atoms with E-state index in [0.717, 1.165) is 16.8 Å². The largest absolute Gasteiger partial charge is 0.262 e. The number of nitrogens with zero attached hydrogens (tertiary/aromatic N) is 1. The van der Waals surface area contributed by atoms with Crippen LogP contribution in [0.3, 0.4) is 0 Å². The van der Waals surface area contributed by atoms with E-state index in [1.54, 1.807) is 6.07 Å². The Kier molecular flexibility index (Phi) is 3.41. The first kappa shape index (κ1) is 13.1. The summed E-state index contributed by atoms with van der Waals surface area (Å²) in [6, 6.07) is 9.15. The maximum atomic E-state index is 11.1. The number of aromatic nitrogens is 1. The van der Waals surface area contributed by atoms with Crippen LogP contribution < -0.4 is 0 Å². The van der Waals surface area contributed by atoms with Crippen molar-refractivity contribution >= 4 is 19.7 Å². The number of aryl methyl sites for hydroxylation is 2. The topological polar surface area (TPSA) is 47.0 Å². The Morgan fingerprint density at radius 3 is 2.33 bits per heavy atom. The molecule has 0 radical (unpaired) electrons. The summed E-state index contributed by atoms with van der Waals surface area (Å²) >= 11 is 0. The molecule has 0 N–H and O–H groups in total. The summed E-state index contributed by atoms with van der Waals surface area (Å²) < 4.78 is 22.2. The Bertz CT molecular complexity index is 679. The van der Waals surface area contributed by atoms with Gasteiger partial charge >= 0.3 is 0 Å². The van der Waals surface area contributed by atoms with Gasteiger partial charge in [0.15, 0.2) is 0 Å². The summed E-state index contributed by atoms with van der Waals surface area (Å²) in [5, 5.41) is 0. The van der Waals surface area contributed by atoms with Crippen molar-refractivity contribution in [1.82, 2.24) is 4.98 Å². The molecule has 5 heteroatoms. The van der Waals surface area contributed by atoms with Crippen molar-refractivity contribution in [3.05, 3.63) is 47.7 Å². The van der Waals surface area contributed by atoms with Gasteiger partial charge in [-0.3, -0.25) is 4.98 Å². The lowest BCUT2D eigenvalue weighted by atomic mass is 10.0. The highest BCUT2D eigenvalue weighted by Crippen LogP contribution is 2.23. The normalized spacial score (nSPS) is 11.5. The summed E-state index contributed by atoms with van der Waals surface area (Å²) in [7, 11) is 1.53. The average Bonchev–Trinajstić information content (AvgIpc) is 2.28. The SMILES string of the molecule is Cc1ccc(-c2ccc(S(=O)(=O)Cl)cn2)c(C)c1. The Hall–Kier alpha value is -1.39. The van der Waals surface area contributed by atoms with Gasteiger partial charge in [-0.25, -0.2) is 8.42 Å². The van der Waals surface area contributed by atoms with Crippen molar-refractivity contribution in [3.63, 3.8) is 0 Å². The van der Waals surface area contributed by atoms with Gasteiger partial charge < -0.3 is 0 Å². The van der Waals surface area contributed by atoms with Gasteiger partial charge in [0.05, 0.1) is 5.69 Å². The molecular weight excluding hydrogens is 270 g/mol. The summed E-state index contributed by atoms with van der Waals surface area (Å²) in [5.74, 6) is 0. The summed E-state index contributed by atoms with van der Waals surface area (Å²) in [5.41, 5.74) is 4.00. The molecule has 0 unspecified atom stereocenters. The molecule has 0 aliphatic carbocycles. The van der Waals surface area contributed by atoms with Crippen LogP contribution in [0, 0.1) is 13.8 Å². The predicted octanol–water partition coefficient (Wildman–Crippen LogP) is 3.29. The van der Waals surface area contributed by atoms with E-state index in [0.29, 0.717) is 0 Å². The first-order chi connectivity index (χ1) is 8.38. The Morgan fingerprint density at radius 1 is 1.11 bits per heavy atom. The zero-order chi connectivity index (χ0) is 13.3. The predicted molar refractivity (Wildman–Crippen MR) is 72.2 cm³/mol. The molecule has 94 valence electrons. The lowest BCUT2D eigenvalue weighted by molar-refractivity contribution is 0.609. The minimum atomic E-state index is -3.71. The minimum Gasteiger partial charge on any atom is -0.255 e. The third kappa shape index (κ3) is 2.71. The highest BCUT2D eigenvalue weighted by atomic mass is 35.7. The molecule has 0 saturated carbocycles. The monoisotopic (exact) mass is 281 g/mol. The van der Waals surface area contributed by atoms with Gasteiger partial charge in [0, 0.05) is 22.4 Å². The zero-order valence-corrected chi connectivity index (χ0v) is 11.6. The molecule has 1 aromatic carbocycles. The van der Waals surface area contributed by atoms with Gasteiger partial charge in [-0.15, -0.1) is 0 Å². The third-order valence-corrected chi connectivity index (χ3v) is 4.01. The van der Waals surface area contributed by atoms with E-state index in [1.807, 2.05) is 26.0 Å². The van der Waals surface area contributed by atoms with Crippen LogP contribution in [0.15, 0.2) is 41.4 Å². The van der Waals surface area contributed by atoms with E-state index in [-0.39, 0.29) is 4.90 Å². The molecule has 3 nitrogen and oxygen atoms in total. The molecule has 0 atom stereocenters. The van der Waals surface area contributed by atoms with Crippen molar-refractivity contribution in [2.75, 3.05) is 0 Å². The van der Waals surface area contributed by atoms with Crippen molar-refractivity contribution < 1.29 is 8.42 Å². The lowest BCUT2D eigenvalue weighted by Gasteiger charge is -2.06. The van der Waals surface area contributed by atoms with E-state index >= 15 is 0 Å². The van der Waals surface area contributed by atoms with Crippen LogP contribution in [0.5, 0.6) is 0 Å². The first-order valence-corrected chi connectivity index (χ1v) is 7.67. The average molecular weight is 282 g/mol. The molecule has 2 aromatic rings. The van der Waals surface area contributed by atoms with Crippen LogP contribution >= 0.6 is 10.7 Å². The van der Waals surface area contributed by atoms with E-state index in [4.69, 9.17) is 10.7 Å². The van der Waals surface area contributed by atoms with Crippen LogP contribution in [0.4, 0.5) is 0 Å². The molecule has 1 aromatic heterocycles. The summed E-state index contributed by atoms with van der Waals surface area (Å²) in [4.78, 5) is 4.15. The second kappa shape index (κ2) is 4.71. The first-order valence-electron chi connectivity index (χ1n) is 5.36. The van der Waals surface area contributed by atoms with Crippen molar-refractivity contribution in [3.8, 4) is 11.3 Å². The van der Waals surface area contributed by atoms with Gasteiger partial charge in [0.2, 0.25) is 0 Å². The number of hydrogen-bond acceptors (Lipinski definition) is 3. The summed E-state index contributed by atoms with van der Waals surface area (Å²) in [6.07, 6.45) is 1.27. The van der Waals surface area contributed by atoms with Gasteiger partial charge in [-0.2, -0.15) is 0 Å². The molecular formula is C13H12ClNO2S. The zero-order valence-electron chi connectivity index (χ0n) is 10.0. The quantitative estimate of drug-likeness (QED) is 0.794. The fourth-order valence-electron chi connectivity index (χ4n) is 1.78. The number of rotatable bonds is 2. The standard InChI is InChI=1S/C13H12ClNO2S/c1-9-3-5-12(10(2)7-9)13-6-4-11(8-15-13)18(14,16)17/h3-8H,1-2H3. The molecule has 0 bridgehead atoms. The lowest BCUT2D eigenvalue weighted by Crippen LogP contribution is -1.93. The van der Waals surface area contributed by atoms with Crippen molar-refractivity contribution in [1.29, 1.82) is 0 Å². The van der Waals surface area contributed by atoms with Crippen LogP contribution in [0.2, 0.25) is 0 Å². The van der Waals surface area contributed by atoms with Crippen molar-refractivity contribution in [2.45, 2.75) is 18.7 Å². The second-order valence-corrected chi connectivity index (χ2v) is 6.70. The molecule has 0 aliphatic rings. The molecule has 18 heavy (non-hydrogen) atoms. The van der Waals surface area contributed by atoms with Crippen LogP contribution in [0.25, 0.3) is 11.3 Å². The number of hydrogen-bond donors (Lipinski definition) is 0. The van der Waals surface area contributed by atoms with Crippen LogP contribution in [-0.4, -0.2) is 13.4 Å². The Labute approximate surface area is 111 Å². The summed E-state index contributed by atoms with van der Waals surface area (Å²) in [6.45, 7) is 4.02. The second-order valence-electron chi connectivity index (χ2n) is 4.14. The third-order valence-electron chi connectivity index (χ3n) is 2.68. The molecule has 0 saturated heterocycles. The molecule has 0 fully saturated rings. The fraction of sp³-hybridized carbons (Fsp3) is 0.154. The van der Waals surface area contributed by atoms with Gasteiger partial charge in [0.25, 0.3) is 9.05 Å². The van der Waals surface area contributed by atoms with Gasteiger partial charge in [0.1, 0.15) is 4.90 Å². The van der Waals surface area contributed by atoms with Crippen molar-refractivity contribution in [2.24, 2.45) is 0 Å². The molecule has 0 spiro atoms. The number of pyridine rings is 1. The van der Waals surface area contributed by atoms with Gasteiger partial charge in [-0.1, -0.05) is 23.8 Å². The Balaban J connectivity index is 2.47. The maximum Gasteiger partial charge on any atom is 0.262 e. The van der Waals surface area contributed by atoms with Crippen LogP contribution in [0.1, 0.15) is 11.1 Å². The number of halogens is 1. The van der Waals surface area contributed by atoms with Crippen LogP contribution in [-0.2, 0) is 9.05 Å². The van der Waals surface area contributed by atoms with E-state index < -0.39 is 9.05 Å². The smallest absolute Gasteiger partial charge is 0.255 e. The Morgan fingerprint density at radius 2 is 1.83 bits per heavy atom. The van der Waals surface area contributed by atoms with E-state index in [9.17, 15) is 8.42 Å².